The summed E-state index contributed by atoms with van der Waals surface area (Å²) in [7, 11) is 3.87. The SMILES string of the molecule is CN(C)c1ccc(C(O)C(N)CCC(=O)O)cc1. The number of carbonyl (C=O) groups is 1. The number of rotatable bonds is 6. The van der Waals surface area contributed by atoms with Gasteiger partial charge in [-0.3, -0.25) is 4.79 Å². The Kier molecular flexibility index (Phi) is 5.12. The molecular weight excluding hydrogens is 232 g/mol. The average molecular weight is 252 g/mol. The number of hydrogen-bond acceptors (Lipinski definition) is 4. The van der Waals surface area contributed by atoms with Gasteiger partial charge in [0.15, 0.2) is 0 Å². The molecule has 100 valence electrons. The van der Waals surface area contributed by atoms with Crippen molar-refractivity contribution in [3.8, 4) is 0 Å². The van der Waals surface area contributed by atoms with E-state index in [2.05, 4.69) is 0 Å². The molecule has 18 heavy (non-hydrogen) atoms. The van der Waals surface area contributed by atoms with Crippen molar-refractivity contribution in [2.75, 3.05) is 19.0 Å². The minimum atomic E-state index is -0.902. The van der Waals surface area contributed by atoms with E-state index in [1.54, 1.807) is 12.1 Å². The van der Waals surface area contributed by atoms with Crippen molar-refractivity contribution >= 4 is 11.7 Å². The van der Waals surface area contributed by atoms with Crippen LogP contribution in [0.2, 0.25) is 0 Å². The molecule has 2 unspecified atom stereocenters. The Morgan fingerprint density at radius 2 is 1.89 bits per heavy atom. The van der Waals surface area contributed by atoms with Crippen LogP contribution in [0.4, 0.5) is 5.69 Å². The summed E-state index contributed by atoms with van der Waals surface area (Å²) in [6.07, 6.45) is -0.611. The maximum Gasteiger partial charge on any atom is 0.303 e. The first-order chi connectivity index (χ1) is 8.41. The molecule has 0 bridgehead atoms. The summed E-state index contributed by atoms with van der Waals surface area (Å²) in [5.74, 6) is -0.902. The second kappa shape index (κ2) is 6.37. The van der Waals surface area contributed by atoms with E-state index in [0.717, 1.165) is 5.69 Å². The summed E-state index contributed by atoms with van der Waals surface area (Å²) < 4.78 is 0. The Labute approximate surface area is 107 Å². The molecule has 1 rings (SSSR count). The largest absolute Gasteiger partial charge is 0.481 e. The molecule has 0 spiro atoms. The normalized spacial score (nSPS) is 14.0. The average Bonchev–Trinajstić information content (AvgIpc) is 2.35. The summed E-state index contributed by atoms with van der Waals surface area (Å²) in [5.41, 5.74) is 7.51. The lowest BCUT2D eigenvalue weighted by atomic mass is 9.99. The molecule has 2 atom stereocenters. The van der Waals surface area contributed by atoms with Crippen molar-refractivity contribution in [2.45, 2.75) is 25.0 Å². The van der Waals surface area contributed by atoms with Crippen molar-refractivity contribution in [3.63, 3.8) is 0 Å². The Hall–Kier alpha value is -1.59. The van der Waals surface area contributed by atoms with Gasteiger partial charge in [0, 0.05) is 32.2 Å². The number of aliphatic carboxylic acids is 1. The molecule has 0 saturated carbocycles. The van der Waals surface area contributed by atoms with Gasteiger partial charge in [-0.2, -0.15) is 0 Å². The third-order valence-electron chi connectivity index (χ3n) is 2.85. The van der Waals surface area contributed by atoms with Crippen LogP contribution < -0.4 is 10.6 Å². The van der Waals surface area contributed by atoms with Crippen LogP contribution in [0.1, 0.15) is 24.5 Å². The summed E-state index contributed by atoms with van der Waals surface area (Å²) in [6.45, 7) is 0. The number of nitrogens with two attached hydrogens (primary N) is 1. The number of anilines is 1. The highest BCUT2D eigenvalue weighted by molar-refractivity contribution is 5.66. The van der Waals surface area contributed by atoms with Crippen LogP contribution in [0, 0.1) is 0 Å². The predicted octanol–water partition coefficient (Wildman–Crippen LogP) is 0.978. The zero-order valence-electron chi connectivity index (χ0n) is 10.7. The standard InChI is InChI=1S/C13H20N2O3/c1-15(2)10-5-3-9(4-6-10)13(18)11(14)7-8-12(16)17/h3-6,11,13,18H,7-8,14H2,1-2H3,(H,16,17). The van der Waals surface area contributed by atoms with Crippen molar-refractivity contribution in [1.82, 2.24) is 0 Å². The first-order valence-electron chi connectivity index (χ1n) is 5.84. The Morgan fingerprint density at radius 3 is 2.33 bits per heavy atom. The van der Waals surface area contributed by atoms with E-state index in [1.807, 2.05) is 31.1 Å². The second-order valence-corrected chi connectivity index (χ2v) is 4.53. The second-order valence-electron chi connectivity index (χ2n) is 4.53. The molecule has 0 aliphatic heterocycles. The molecule has 0 heterocycles. The molecule has 1 aromatic rings. The highest BCUT2D eigenvalue weighted by atomic mass is 16.4. The lowest BCUT2D eigenvalue weighted by Gasteiger charge is -2.19. The summed E-state index contributed by atoms with van der Waals surface area (Å²) >= 11 is 0. The molecule has 0 saturated heterocycles. The fourth-order valence-corrected chi connectivity index (χ4v) is 1.66. The quantitative estimate of drug-likeness (QED) is 0.702. The lowest BCUT2D eigenvalue weighted by Crippen LogP contribution is -2.29. The minimum Gasteiger partial charge on any atom is -0.481 e. The van der Waals surface area contributed by atoms with Gasteiger partial charge in [0.25, 0.3) is 0 Å². The van der Waals surface area contributed by atoms with Crippen molar-refractivity contribution in [2.24, 2.45) is 5.73 Å². The molecule has 4 N–H and O–H groups in total. The first-order valence-corrected chi connectivity index (χ1v) is 5.84. The number of nitrogens with zero attached hydrogens (tertiary/aromatic N) is 1. The fourth-order valence-electron chi connectivity index (χ4n) is 1.66. The Morgan fingerprint density at radius 1 is 1.33 bits per heavy atom. The number of aliphatic hydroxyl groups excluding tert-OH is 1. The Balaban J connectivity index is 2.65. The van der Waals surface area contributed by atoms with Gasteiger partial charge in [0.2, 0.25) is 0 Å². The van der Waals surface area contributed by atoms with Gasteiger partial charge in [-0.05, 0) is 24.1 Å². The molecule has 0 fully saturated rings. The van der Waals surface area contributed by atoms with E-state index in [9.17, 15) is 9.90 Å². The number of carboxylic acid groups (broad SMARTS) is 1. The maximum absolute atomic E-state index is 10.4. The molecule has 0 aromatic heterocycles. The summed E-state index contributed by atoms with van der Waals surface area (Å²) in [4.78, 5) is 12.4. The van der Waals surface area contributed by atoms with Crippen LogP contribution in [0.3, 0.4) is 0 Å². The smallest absolute Gasteiger partial charge is 0.303 e. The first kappa shape index (κ1) is 14.5. The van der Waals surface area contributed by atoms with Crippen LogP contribution in [-0.4, -0.2) is 36.3 Å². The number of hydrogen-bond donors (Lipinski definition) is 3. The molecule has 0 aliphatic carbocycles. The molecule has 5 heteroatoms. The van der Waals surface area contributed by atoms with Crippen molar-refractivity contribution in [3.05, 3.63) is 29.8 Å². The van der Waals surface area contributed by atoms with Gasteiger partial charge in [-0.25, -0.2) is 0 Å². The Bertz CT molecular complexity index is 390. The number of benzene rings is 1. The fraction of sp³-hybridized carbons (Fsp3) is 0.462. The molecule has 0 radical (unpaired) electrons. The molecule has 5 nitrogen and oxygen atoms in total. The van der Waals surface area contributed by atoms with E-state index in [4.69, 9.17) is 10.8 Å². The van der Waals surface area contributed by atoms with Crippen LogP contribution in [0.5, 0.6) is 0 Å². The third-order valence-corrected chi connectivity index (χ3v) is 2.85. The molecule has 1 aromatic carbocycles. The predicted molar refractivity (Wildman–Crippen MR) is 70.6 cm³/mol. The minimum absolute atomic E-state index is 0.0337. The highest BCUT2D eigenvalue weighted by Gasteiger charge is 2.17. The van der Waals surface area contributed by atoms with Crippen molar-refractivity contribution < 1.29 is 15.0 Å². The van der Waals surface area contributed by atoms with E-state index in [1.165, 1.54) is 0 Å². The summed E-state index contributed by atoms with van der Waals surface area (Å²) in [5, 5.41) is 18.6. The third kappa shape index (κ3) is 4.01. The summed E-state index contributed by atoms with van der Waals surface area (Å²) in [6, 6.07) is 6.83. The van der Waals surface area contributed by atoms with Crippen molar-refractivity contribution in [1.29, 1.82) is 0 Å². The van der Waals surface area contributed by atoms with Crippen LogP contribution in [0.15, 0.2) is 24.3 Å². The molecule has 0 aliphatic rings. The van der Waals surface area contributed by atoms with E-state index in [0.29, 0.717) is 5.56 Å². The zero-order valence-corrected chi connectivity index (χ0v) is 10.7. The van der Waals surface area contributed by atoms with E-state index < -0.39 is 18.1 Å². The van der Waals surface area contributed by atoms with Crippen LogP contribution >= 0.6 is 0 Å². The zero-order chi connectivity index (χ0) is 13.7. The van der Waals surface area contributed by atoms with Gasteiger partial charge in [-0.1, -0.05) is 12.1 Å². The van der Waals surface area contributed by atoms with Gasteiger partial charge >= 0.3 is 5.97 Å². The monoisotopic (exact) mass is 252 g/mol. The molecule has 0 amide bonds. The van der Waals surface area contributed by atoms with E-state index >= 15 is 0 Å². The van der Waals surface area contributed by atoms with E-state index in [-0.39, 0.29) is 12.8 Å². The van der Waals surface area contributed by atoms with Gasteiger partial charge in [0.05, 0.1) is 6.10 Å². The number of aliphatic hydroxyl groups is 1. The van der Waals surface area contributed by atoms with Gasteiger partial charge in [0.1, 0.15) is 0 Å². The maximum atomic E-state index is 10.4. The van der Waals surface area contributed by atoms with Gasteiger partial charge < -0.3 is 20.8 Å². The van der Waals surface area contributed by atoms with Crippen LogP contribution in [0.25, 0.3) is 0 Å². The molecular formula is C13H20N2O3. The number of carboxylic acids is 1. The lowest BCUT2D eigenvalue weighted by molar-refractivity contribution is -0.137. The van der Waals surface area contributed by atoms with Crippen LogP contribution in [-0.2, 0) is 4.79 Å². The van der Waals surface area contributed by atoms with Gasteiger partial charge in [-0.15, -0.1) is 0 Å². The highest BCUT2D eigenvalue weighted by Crippen LogP contribution is 2.21. The topological polar surface area (TPSA) is 86.8 Å².